The number of hydrogen-bond acceptors (Lipinski definition) is 5. The molecule has 0 aliphatic heterocycles. The average molecular weight is 392 g/mol. The molecule has 0 atom stereocenters. The fourth-order valence-electron chi connectivity index (χ4n) is 2.16. The van der Waals surface area contributed by atoms with E-state index in [0.29, 0.717) is 40.3 Å². The van der Waals surface area contributed by atoms with Gasteiger partial charge in [-0.15, -0.1) is 11.3 Å². The number of thioether (sulfide) groups is 1. The van der Waals surface area contributed by atoms with E-state index in [1.54, 1.807) is 54.0 Å². The van der Waals surface area contributed by atoms with Gasteiger partial charge in [-0.05, 0) is 30.3 Å². The molecule has 3 rings (SSSR count). The van der Waals surface area contributed by atoms with Crippen LogP contribution in [0, 0.1) is 0 Å². The molecule has 0 aliphatic carbocycles. The molecule has 4 nitrogen and oxygen atoms in total. The normalized spacial score (nSPS) is 10.7. The lowest BCUT2D eigenvalue weighted by Gasteiger charge is -2.11. The van der Waals surface area contributed by atoms with Gasteiger partial charge < -0.3 is 10.1 Å². The third-order valence-electron chi connectivity index (χ3n) is 3.32. The maximum atomic E-state index is 12.6. The number of aromatic nitrogens is 1. The third-order valence-corrected chi connectivity index (χ3v) is 4.74. The number of alkyl halides is 2. The first-order valence-electron chi connectivity index (χ1n) is 7.57. The fourth-order valence-corrected chi connectivity index (χ4v) is 3.29. The quantitative estimate of drug-likeness (QED) is 0.555. The predicted molar refractivity (Wildman–Crippen MR) is 99.1 cm³/mol. The van der Waals surface area contributed by atoms with E-state index < -0.39 is 11.7 Å². The molecule has 0 bridgehead atoms. The fraction of sp³-hybridized carbons (Fsp3) is 0.111. The lowest BCUT2D eigenvalue weighted by Crippen LogP contribution is -2.12. The zero-order valence-electron chi connectivity index (χ0n) is 13.4. The van der Waals surface area contributed by atoms with E-state index in [1.165, 1.54) is 11.3 Å². The number of para-hydroxylation sites is 1. The van der Waals surface area contributed by atoms with Crippen molar-refractivity contribution in [1.82, 2.24) is 4.98 Å². The second-order valence-electron chi connectivity index (χ2n) is 5.13. The average Bonchev–Trinajstić information content (AvgIpc) is 3.15. The highest BCUT2D eigenvalue weighted by molar-refractivity contribution is 7.99. The molecule has 1 heterocycles. The van der Waals surface area contributed by atoms with Gasteiger partial charge in [-0.3, -0.25) is 4.79 Å². The van der Waals surface area contributed by atoms with E-state index in [1.807, 2.05) is 5.38 Å². The summed E-state index contributed by atoms with van der Waals surface area (Å²) in [4.78, 5) is 16.9. The van der Waals surface area contributed by atoms with E-state index in [9.17, 15) is 13.6 Å². The highest BCUT2D eigenvalue weighted by Crippen LogP contribution is 2.32. The number of ether oxygens (including phenoxy) is 1. The van der Waals surface area contributed by atoms with E-state index in [4.69, 9.17) is 4.74 Å². The molecular weight excluding hydrogens is 378 g/mol. The zero-order valence-corrected chi connectivity index (χ0v) is 15.0. The largest absolute Gasteiger partial charge is 0.487 e. The third kappa shape index (κ3) is 5.03. The first kappa shape index (κ1) is 18.3. The highest BCUT2D eigenvalue weighted by Gasteiger charge is 2.13. The SMILES string of the molecule is O=C(Nc1ccccc1SC(F)F)c1cccc(OCc2cscn2)c1. The maximum Gasteiger partial charge on any atom is 0.288 e. The van der Waals surface area contributed by atoms with Crippen molar-refractivity contribution in [3.05, 3.63) is 70.7 Å². The predicted octanol–water partition coefficient (Wildman–Crippen LogP) is 5.29. The van der Waals surface area contributed by atoms with Gasteiger partial charge in [-0.2, -0.15) is 8.78 Å². The molecule has 0 unspecified atom stereocenters. The molecule has 26 heavy (non-hydrogen) atoms. The van der Waals surface area contributed by atoms with Crippen LogP contribution in [0.25, 0.3) is 0 Å². The van der Waals surface area contributed by atoms with Crippen LogP contribution in [-0.4, -0.2) is 16.6 Å². The molecule has 0 radical (unpaired) electrons. The summed E-state index contributed by atoms with van der Waals surface area (Å²) in [7, 11) is 0. The number of hydrogen-bond donors (Lipinski definition) is 1. The van der Waals surface area contributed by atoms with Gasteiger partial charge in [0.05, 0.1) is 16.9 Å². The number of amides is 1. The van der Waals surface area contributed by atoms with Crippen molar-refractivity contribution in [2.24, 2.45) is 0 Å². The standard InChI is InChI=1S/C18H14F2N2O2S2/c19-18(20)26-16-7-2-1-6-15(16)22-17(23)12-4-3-5-14(8-12)24-9-13-10-25-11-21-13/h1-8,10-11,18H,9H2,(H,22,23). The lowest BCUT2D eigenvalue weighted by atomic mass is 10.2. The van der Waals surface area contributed by atoms with E-state index in [0.717, 1.165) is 5.69 Å². The Kier molecular flexibility index (Phi) is 6.19. The van der Waals surface area contributed by atoms with Crippen molar-refractivity contribution in [3.63, 3.8) is 0 Å². The topological polar surface area (TPSA) is 51.2 Å². The Hall–Kier alpha value is -2.45. The summed E-state index contributed by atoms with van der Waals surface area (Å²) in [6, 6.07) is 13.1. The van der Waals surface area contributed by atoms with Crippen LogP contribution in [-0.2, 0) is 6.61 Å². The summed E-state index contributed by atoms with van der Waals surface area (Å²) in [5.74, 6) is -2.43. The number of anilines is 1. The van der Waals surface area contributed by atoms with Crippen LogP contribution in [0.4, 0.5) is 14.5 Å². The van der Waals surface area contributed by atoms with Crippen molar-refractivity contribution in [3.8, 4) is 5.75 Å². The van der Waals surface area contributed by atoms with Crippen LogP contribution in [0.1, 0.15) is 16.1 Å². The van der Waals surface area contributed by atoms with Gasteiger partial charge in [0, 0.05) is 15.8 Å². The lowest BCUT2D eigenvalue weighted by molar-refractivity contribution is 0.102. The molecule has 134 valence electrons. The molecule has 0 fully saturated rings. The van der Waals surface area contributed by atoms with Gasteiger partial charge in [0.1, 0.15) is 12.4 Å². The summed E-state index contributed by atoms with van der Waals surface area (Å²) in [5.41, 5.74) is 3.24. The van der Waals surface area contributed by atoms with Crippen LogP contribution >= 0.6 is 23.1 Å². The highest BCUT2D eigenvalue weighted by atomic mass is 32.2. The first-order valence-corrected chi connectivity index (χ1v) is 9.39. The van der Waals surface area contributed by atoms with Crippen LogP contribution < -0.4 is 10.1 Å². The van der Waals surface area contributed by atoms with E-state index >= 15 is 0 Å². The molecule has 0 aliphatic rings. The van der Waals surface area contributed by atoms with Gasteiger partial charge in [-0.1, -0.05) is 30.0 Å². The van der Waals surface area contributed by atoms with Gasteiger partial charge in [0.25, 0.3) is 11.7 Å². The Morgan fingerprint density at radius 1 is 1.23 bits per heavy atom. The van der Waals surface area contributed by atoms with Crippen molar-refractivity contribution in [2.75, 3.05) is 5.32 Å². The minimum Gasteiger partial charge on any atom is -0.487 e. The van der Waals surface area contributed by atoms with Crippen molar-refractivity contribution < 1.29 is 18.3 Å². The number of nitrogens with zero attached hydrogens (tertiary/aromatic N) is 1. The van der Waals surface area contributed by atoms with Gasteiger partial charge in [0.2, 0.25) is 0 Å². The second kappa shape index (κ2) is 8.77. The van der Waals surface area contributed by atoms with E-state index in [2.05, 4.69) is 10.3 Å². The molecule has 1 aromatic heterocycles. The van der Waals surface area contributed by atoms with Crippen LogP contribution in [0.5, 0.6) is 5.75 Å². The monoisotopic (exact) mass is 392 g/mol. The number of rotatable bonds is 7. The first-order chi connectivity index (χ1) is 12.6. The molecule has 2 aromatic carbocycles. The number of halogens is 2. The Labute approximate surface area is 157 Å². The molecule has 1 N–H and O–H groups in total. The second-order valence-corrected chi connectivity index (χ2v) is 6.88. The van der Waals surface area contributed by atoms with Crippen molar-refractivity contribution in [1.29, 1.82) is 0 Å². The molecule has 8 heteroatoms. The van der Waals surface area contributed by atoms with E-state index in [-0.39, 0.29) is 0 Å². The smallest absolute Gasteiger partial charge is 0.288 e. The van der Waals surface area contributed by atoms with Crippen LogP contribution in [0.3, 0.4) is 0 Å². The Morgan fingerprint density at radius 3 is 2.85 bits per heavy atom. The summed E-state index contributed by atoms with van der Waals surface area (Å²) in [5, 5.41) is 4.55. The Morgan fingerprint density at radius 2 is 2.08 bits per heavy atom. The van der Waals surface area contributed by atoms with Gasteiger partial charge >= 0.3 is 0 Å². The number of carbonyl (C=O) groups is 1. The maximum absolute atomic E-state index is 12.6. The Balaban J connectivity index is 1.69. The minimum absolute atomic E-state index is 0.308. The number of nitrogens with one attached hydrogen (secondary N) is 1. The summed E-state index contributed by atoms with van der Waals surface area (Å²) in [6.45, 7) is 0.308. The minimum atomic E-state index is -2.56. The summed E-state index contributed by atoms with van der Waals surface area (Å²) < 4.78 is 30.9. The molecule has 0 spiro atoms. The zero-order chi connectivity index (χ0) is 18.4. The summed E-state index contributed by atoms with van der Waals surface area (Å²) >= 11 is 1.87. The molecular formula is C18H14F2N2O2S2. The summed E-state index contributed by atoms with van der Waals surface area (Å²) in [6.07, 6.45) is 0. The molecule has 0 saturated heterocycles. The molecule has 3 aromatic rings. The molecule has 1 amide bonds. The van der Waals surface area contributed by atoms with Gasteiger partial charge in [0.15, 0.2) is 0 Å². The van der Waals surface area contributed by atoms with Crippen LogP contribution in [0.2, 0.25) is 0 Å². The molecule has 0 saturated carbocycles. The number of carbonyl (C=O) groups excluding carboxylic acids is 1. The van der Waals surface area contributed by atoms with Crippen LogP contribution in [0.15, 0.2) is 64.3 Å². The number of benzene rings is 2. The Bertz CT molecular complexity index is 873. The van der Waals surface area contributed by atoms with Gasteiger partial charge in [-0.25, -0.2) is 4.98 Å². The number of thiazole rings is 1. The van der Waals surface area contributed by atoms with Crippen molar-refractivity contribution >= 4 is 34.7 Å². The van der Waals surface area contributed by atoms with Crippen molar-refractivity contribution in [2.45, 2.75) is 17.3 Å².